The summed E-state index contributed by atoms with van der Waals surface area (Å²) in [7, 11) is 1.71. The number of methoxy groups -OCH3 is 1. The number of rotatable bonds is 8. The Bertz CT molecular complexity index is 529. The zero-order valence-electron chi connectivity index (χ0n) is 11.9. The summed E-state index contributed by atoms with van der Waals surface area (Å²) >= 11 is 1.63. The maximum Gasteiger partial charge on any atom is 0.166 e. The second kappa shape index (κ2) is 8.04. The van der Waals surface area contributed by atoms with Crippen LogP contribution in [0.4, 0.5) is 0 Å². The Morgan fingerprint density at radius 1 is 1.30 bits per heavy atom. The van der Waals surface area contributed by atoms with Gasteiger partial charge in [0, 0.05) is 26.3 Å². The van der Waals surface area contributed by atoms with Crippen molar-refractivity contribution in [1.82, 2.24) is 20.5 Å². The molecule has 2 rings (SSSR count). The van der Waals surface area contributed by atoms with Gasteiger partial charge >= 0.3 is 0 Å². The fraction of sp³-hybridized carbons (Fsp3) is 0.500. The first-order valence-corrected chi connectivity index (χ1v) is 7.57. The largest absolute Gasteiger partial charge is 0.383 e. The molecule has 0 aliphatic heterocycles. The number of nitrogens with one attached hydrogen (secondary N) is 1. The van der Waals surface area contributed by atoms with Crippen LogP contribution in [0.25, 0.3) is 10.7 Å². The lowest BCUT2D eigenvalue weighted by Crippen LogP contribution is -2.20. The fourth-order valence-electron chi connectivity index (χ4n) is 1.82. The summed E-state index contributed by atoms with van der Waals surface area (Å²) < 4.78 is 4.98. The maximum atomic E-state index is 4.98. The third-order valence-corrected chi connectivity index (χ3v) is 3.90. The molecule has 0 unspecified atom stereocenters. The summed E-state index contributed by atoms with van der Waals surface area (Å²) in [4.78, 5) is 4.37. The first-order valence-electron chi connectivity index (χ1n) is 6.75. The van der Waals surface area contributed by atoms with Crippen molar-refractivity contribution in [2.75, 3.05) is 26.8 Å². The third-order valence-electron chi connectivity index (χ3n) is 2.91. The Kier molecular flexibility index (Phi) is 6.04. The molecule has 2 aromatic heterocycles. The topological polar surface area (TPSA) is 59.9 Å². The van der Waals surface area contributed by atoms with E-state index in [-0.39, 0.29) is 0 Å². The van der Waals surface area contributed by atoms with E-state index in [0.29, 0.717) is 0 Å². The predicted molar refractivity (Wildman–Crippen MR) is 80.9 cm³/mol. The first kappa shape index (κ1) is 15.0. The van der Waals surface area contributed by atoms with E-state index in [2.05, 4.69) is 20.5 Å². The second-order valence-corrected chi connectivity index (χ2v) is 5.58. The highest BCUT2D eigenvalue weighted by atomic mass is 32.1. The number of hydrogen-bond acceptors (Lipinski definition) is 6. The van der Waals surface area contributed by atoms with Gasteiger partial charge in [-0.15, -0.1) is 10.2 Å². The summed E-state index contributed by atoms with van der Waals surface area (Å²) in [6.07, 6.45) is 3.80. The molecule has 0 spiro atoms. The third kappa shape index (κ3) is 4.33. The lowest BCUT2D eigenvalue weighted by Gasteiger charge is -2.01. The van der Waals surface area contributed by atoms with Crippen molar-refractivity contribution in [3.8, 4) is 10.7 Å². The van der Waals surface area contributed by atoms with Crippen molar-refractivity contribution in [3.63, 3.8) is 0 Å². The molecule has 0 radical (unpaired) electrons. The van der Waals surface area contributed by atoms with Gasteiger partial charge in [0.15, 0.2) is 5.01 Å². The zero-order valence-corrected chi connectivity index (χ0v) is 12.7. The van der Waals surface area contributed by atoms with Crippen LogP contribution in [-0.4, -0.2) is 42.0 Å². The van der Waals surface area contributed by atoms with Gasteiger partial charge < -0.3 is 10.1 Å². The molecule has 108 valence electrons. The molecule has 0 amide bonds. The molecule has 5 nitrogen and oxygen atoms in total. The SMILES string of the molecule is COCCNCCCc1nnc(-c2ncccc2C)s1. The van der Waals surface area contributed by atoms with Crippen LogP contribution in [0.15, 0.2) is 18.3 Å². The van der Waals surface area contributed by atoms with Gasteiger partial charge in [-0.1, -0.05) is 17.4 Å². The molecule has 0 atom stereocenters. The van der Waals surface area contributed by atoms with Crippen molar-refractivity contribution < 1.29 is 4.74 Å². The highest BCUT2D eigenvalue weighted by molar-refractivity contribution is 7.14. The molecular weight excluding hydrogens is 272 g/mol. The van der Waals surface area contributed by atoms with E-state index >= 15 is 0 Å². The van der Waals surface area contributed by atoms with Crippen LogP contribution in [-0.2, 0) is 11.2 Å². The molecule has 6 heteroatoms. The molecule has 0 saturated carbocycles. The van der Waals surface area contributed by atoms with Gasteiger partial charge in [0.2, 0.25) is 0 Å². The molecule has 20 heavy (non-hydrogen) atoms. The van der Waals surface area contributed by atoms with Crippen molar-refractivity contribution in [1.29, 1.82) is 0 Å². The smallest absolute Gasteiger partial charge is 0.166 e. The van der Waals surface area contributed by atoms with Crippen LogP contribution in [0.3, 0.4) is 0 Å². The van der Waals surface area contributed by atoms with Crippen LogP contribution >= 0.6 is 11.3 Å². The highest BCUT2D eigenvalue weighted by Crippen LogP contribution is 2.24. The Morgan fingerprint density at radius 2 is 2.20 bits per heavy atom. The van der Waals surface area contributed by atoms with Crippen molar-refractivity contribution in [2.24, 2.45) is 0 Å². The number of aryl methyl sites for hydroxylation is 2. The van der Waals surface area contributed by atoms with Gasteiger partial charge in [0.05, 0.1) is 6.61 Å². The molecule has 0 saturated heterocycles. The maximum absolute atomic E-state index is 4.98. The van der Waals surface area contributed by atoms with Crippen molar-refractivity contribution >= 4 is 11.3 Å². The Hall–Kier alpha value is -1.37. The predicted octanol–water partition coefficient (Wildman–Crippen LogP) is 2.08. The number of nitrogens with zero attached hydrogens (tertiary/aromatic N) is 3. The van der Waals surface area contributed by atoms with Crippen LogP contribution in [0, 0.1) is 6.92 Å². The van der Waals surface area contributed by atoms with Crippen LogP contribution in [0.1, 0.15) is 17.0 Å². The minimum atomic E-state index is 0.752. The summed E-state index contributed by atoms with van der Waals surface area (Å²) in [6.45, 7) is 4.66. The van der Waals surface area contributed by atoms with E-state index in [1.807, 2.05) is 19.1 Å². The summed E-state index contributed by atoms with van der Waals surface area (Å²) in [6, 6.07) is 3.98. The normalized spacial score (nSPS) is 10.9. The molecule has 0 bridgehead atoms. The van der Waals surface area contributed by atoms with E-state index in [1.54, 1.807) is 24.6 Å². The minimum absolute atomic E-state index is 0.752. The Morgan fingerprint density at radius 3 is 3.00 bits per heavy atom. The molecule has 0 fully saturated rings. The first-order chi connectivity index (χ1) is 9.81. The van der Waals surface area contributed by atoms with E-state index in [1.165, 1.54) is 0 Å². The number of ether oxygens (including phenoxy) is 1. The molecule has 2 aromatic rings. The second-order valence-electron chi connectivity index (χ2n) is 4.52. The molecule has 1 N–H and O–H groups in total. The standard InChI is InChI=1S/C14H20N4OS/c1-11-5-3-8-16-13(11)14-18-17-12(20-14)6-4-7-15-9-10-19-2/h3,5,8,15H,4,6-7,9-10H2,1-2H3. The van der Waals surface area contributed by atoms with Crippen LogP contribution in [0.2, 0.25) is 0 Å². The van der Waals surface area contributed by atoms with Gasteiger partial charge in [-0.3, -0.25) is 4.98 Å². The summed E-state index contributed by atoms with van der Waals surface area (Å²) in [5.74, 6) is 0. The summed E-state index contributed by atoms with van der Waals surface area (Å²) in [5.41, 5.74) is 2.07. The zero-order chi connectivity index (χ0) is 14.2. The number of hydrogen-bond donors (Lipinski definition) is 1. The Labute approximate surface area is 123 Å². The monoisotopic (exact) mass is 292 g/mol. The highest BCUT2D eigenvalue weighted by Gasteiger charge is 2.09. The van der Waals surface area contributed by atoms with Gasteiger partial charge in [0.1, 0.15) is 10.7 Å². The van der Waals surface area contributed by atoms with Crippen molar-refractivity contribution in [3.05, 3.63) is 28.9 Å². The van der Waals surface area contributed by atoms with E-state index < -0.39 is 0 Å². The van der Waals surface area contributed by atoms with Crippen LogP contribution in [0.5, 0.6) is 0 Å². The van der Waals surface area contributed by atoms with Crippen LogP contribution < -0.4 is 5.32 Å². The molecular formula is C14H20N4OS. The average molecular weight is 292 g/mol. The van der Waals surface area contributed by atoms with Crippen molar-refractivity contribution in [2.45, 2.75) is 19.8 Å². The fourth-order valence-corrected chi connectivity index (χ4v) is 2.77. The van der Waals surface area contributed by atoms with E-state index in [4.69, 9.17) is 4.74 Å². The molecule has 0 aliphatic rings. The van der Waals surface area contributed by atoms with E-state index in [9.17, 15) is 0 Å². The molecule has 2 heterocycles. The van der Waals surface area contributed by atoms with Gasteiger partial charge in [-0.05, 0) is 31.5 Å². The lowest BCUT2D eigenvalue weighted by atomic mass is 10.2. The molecule has 0 aromatic carbocycles. The van der Waals surface area contributed by atoms with E-state index in [0.717, 1.165) is 53.8 Å². The summed E-state index contributed by atoms with van der Waals surface area (Å²) in [5, 5.41) is 13.8. The van der Waals surface area contributed by atoms with Gasteiger partial charge in [-0.2, -0.15) is 0 Å². The Balaban J connectivity index is 1.82. The van der Waals surface area contributed by atoms with Gasteiger partial charge in [-0.25, -0.2) is 0 Å². The lowest BCUT2D eigenvalue weighted by molar-refractivity contribution is 0.199. The number of pyridine rings is 1. The minimum Gasteiger partial charge on any atom is -0.383 e. The quantitative estimate of drug-likeness (QED) is 0.755. The number of aromatic nitrogens is 3. The molecule has 0 aliphatic carbocycles. The van der Waals surface area contributed by atoms with Gasteiger partial charge in [0.25, 0.3) is 0 Å². The average Bonchev–Trinajstić information content (AvgIpc) is 2.92.